The van der Waals surface area contributed by atoms with Gasteiger partial charge in [-0.2, -0.15) is 0 Å². The molecule has 3 rings (SSSR count). The molecular weight excluding hydrogens is 242 g/mol. The number of thiol groups is 1. The molecular formula is C15H19NOS. The van der Waals surface area contributed by atoms with Gasteiger partial charge in [-0.05, 0) is 37.3 Å². The van der Waals surface area contributed by atoms with Gasteiger partial charge in [0.05, 0.1) is 5.56 Å². The Morgan fingerprint density at radius 2 is 1.94 bits per heavy atom. The molecule has 0 bridgehead atoms. The molecule has 3 heteroatoms. The van der Waals surface area contributed by atoms with E-state index in [1.165, 1.54) is 32.1 Å². The molecule has 0 spiro atoms. The van der Waals surface area contributed by atoms with E-state index in [2.05, 4.69) is 17.5 Å². The van der Waals surface area contributed by atoms with Crippen LogP contribution in [0.25, 0.3) is 0 Å². The third kappa shape index (κ3) is 2.05. The predicted octanol–water partition coefficient (Wildman–Crippen LogP) is 3.38. The Hall–Kier alpha value is -0.960. The van der Waals surface area contributed by atoms with Gasteiger partial charge in [0.25, 0.3) is 5.91 Å². The first-order chi connectivity index (χ1) is 8.77. The Bertz CT molecular complexity index is 460. The molecule has 1 amide bonds. The number of hydrogen-bond acceptors (Lipinski definition) is 2. The fourth-order valence-electron chi connectivity index (χ4n) is 3.47. The van der Waals surface area contributed by atoms with Crippen LogP contribution in [0.2, 0.25) is 0 Å². The highest BCUT2D eigenvalue weighted by atomic mass is 32.1. The van der Waals surface area contributed by atoms with Crippen molar-refractivity contribution in [3.63, 3.8) is 0 Å². The van der Waals surface area contributed by atoms with Crippen LogP contribution in [0.3, 0.4) is 0 Å². The van der Waals surface area contributed by atoms with Crippen LogP contribution in [0.1, 0.15) is 42.5 Å². The zero-order valence-corrected chi connectivity index (χ0v) is 11.4. The summed E-state index contributed by atoms with van der Waals surface area (Å²) < 4.78 is 0. The lowest BCUT2D eigenvalue weighted by molar-refractivity contribution is 0.0686. The van der Waals surface area contributed by atoms with Gasteiger partial charge in [-0.1, -0.05) is 25.0 Å². The molecule has 1 aromatic carbocycles. The number of carbonyl (C=O) groups is 1. The monoisotopic (exact) mass is 261 g/mol. The molecule has 2 unspecified atom stereocenters. The first-order valence-electron chi connectivity index (χ1n) is 6.86. The number of carbonyl (C=O) groups excluding carboxylic acids is 1. The van der Waals surface area contributed by atoms with Crippen LogP contribution < -0.4 is 0 Å². The van der Waals surface area contributed by atoms with Crippen molar-refractivity contribution in [3.05, 3.63) is 29.8 Å². The average molecular weight is 261 g/mol. The first kappa shape index (κ1) is 12.1. The summed E-state index contributed by atoms with van der Waals surface area (Å²) in [5, 5.41) is 0. The van der Waals surface area contributed by atoms with Gasteiger partial charge in [-0.15, -0.1) is 12.6 Å². The van der Waals surface area contributed by atoms with Gasteiger partial charge >= 0.3 is 0 Å². The Labute approximate surface area is 114 Å². The fraction of sp³-hybridized carbons (Fsp3) is 0.533. The minimum atomic E-state index is 0.176. The van der Waals surface area contributed by atoms with Crippen LogP contribution >= 0.6 is 12.6 Å². The van der Waals surface area contributed by atoms with E-state index in [9.17, 15) is 4.79 Å². The van der Waals surface area contributed by atoms with Gasteiger partial charge in [0.15, 0.2) is 0 Å². The molecule has 2 aliphatic rings. The van der Waals surface area contributed by atoms with Gasteiger partial charge in [0, 0.05) is 17.5 Å². The largest absolute Gasteiger partial charge is 0.335 e. The third-order valence-corrected chi connectivity index (χ3v) is 4.80. The molecule has 1 heterocycles. The van der Waals surface area contributed by atoms with Gasteiger partial charge in [-0.25, -0.2) is 0 Å². The molecule has 0 aromatic heterocycles. The van der Waals surface area contributed by atoms with Crippen molar-refractivity contribution in [2.75, 3.05) is 6.54 Å². The van der Waals surface area contributed by atoms with Crippen molar-refractivity contribution in [1.29, 1.82) is 0 Å². The Balaban J connectivity index is 1.83. The van der Waals surface area contributed by atoms with Crippen molar-refractivity contribution < 1.29 is 4.79 Å². The standard InChI is InChI=1S/C15H19NOS/c17-15(12-6-2-4-8-14(12)18)16-10-9-11-5-1-3-7-13(11)16/h2,4,6,8,11,13,18H,1,3,5,7,9-10H2. The second-order valence-corrected chi connectivity index (χ2v) is 5.90. The molecule has 18 heavy (non-hydrogen) atoms. The van der Waals surface area contributed by atoms with Crippen molar-refractivity contribution in [2.45, 2.75) is 43.0 Å². The summed E-state index contributed by atoms with van der Waals surface area (Å²) in [5.41, 5.74) is 0.757. The number of amides is 1. The molecule has 2 fully saturated rings. The van der Waals surface area contributed by atoms with Crippen molar-refractivity contribution in [2.24, 2.45) is 5.92 Å². The molecule has 0 radical (unpaired) electrons. The molecule has 2 atom stereocenters. The topological polar surface area (TPSA) is 20.3 Å². The molecule has 1 aromatic rings. The predicted molar refractivity (Wildman–Crippen MR) is 75.1 cm³/mol. The molecule has 96 valence electrons. The van der Waals surface area contributed by atoms with Crippen molar-refractivity contribution in [1.82, 2.24) is 4.90 Å². The van der Waals surface area contributed by atoms with E-state index in [0.29, 0.717) is 6.04 Å². The van der Waals surface area contributed by atoms with Crippen LogP contribution in [0.15, 0.2) is 29.2 Å². The van der Waals surface area contributed by atoms with Crippen LogP contribution in [0.4, 0.5) is 0 Å². The van der Waals surface area contributed by atoms with E-state index in [1.807, 2.05) is 24.3 Å². The number of hydrogen-bond donors (Lipinski definition) is 1. The number of rotatable bonds is 1. The summed E-state index contributed by atoms with van der Waals surface area (Å²) in [5.74, 6) is 0.921. The average Bonchev–Trinajstić information content (AvgIpc) is 2.82. The summed E-state index contributed by atoms with van der Waals surface area (Å²) in [6.07, 6.45) is 6.28. The van der Waals surface area contributed by atoms with Crippen molar-refractivity contribution in [3.8, 4) is 0 Å². The number of fused-ring (bicyclic) bond motifs is 1. The number of likely N-dealkylation sites (tertiary alicyclic amines) is 1. The molecule has 0 N–H and O–H groups in total. The van der Waals surface area contributed by atoms with Crippen LogP contribution in [0.5, 0.6) is 0 Å². The van der Waals surface area contributed by atoms with Crippen LogP contribution in [-0.2, 0) is 0 Å². The summed E-state index contributed by atoms with van der Waals surface area (Å²) >= 11 is 4.40. The lowest BCUT2D eigenvalue weighted by Crippen LogP contribution is -2.39. The summed E-state index contributed by atoms with van der Waals surface area (Å²) in [6.45, 7) is 0.927. The Morgan fingerprint density at radius 3 is 2.78 bits per heavy atom. The van der Waals surface area contributed by atoms with E-state index < -0.39 is 0 Å². The minimum Gasteiger partial charge on any atom is -0.335 e. The van der Waals surface area contributed by atoms with Crippen LogP contribution in [0, 0.1) is 5.92 Å². The van der Waals surface area contributed by atoms with Gasteiger partial charge < -0.3 is 4.90 Å². The lowest BCUT2D eigenvalue weighted by atomic mass is 9.85. The summed E-state index contributed by atoms with van der Waals surface area (Å²) in [4.78, 5) is 15.5. The fourth-order valence-corrected chi connectivity index (χ4v) is 3.72. The van der Waals surface area contributed by atoms with E-state index in [-0.39, 0.29) is 5.91 Å². The smallest absolute Gasteiger partial charge is 0.255 e. The third-order valence-electron chi connectivity index (χ3n) is 4.41. The summed E-state index contributed by atoms with van der Waals surface area (Å²) in [7, 11) is 0. The molecule has 1 aliphatic carbocycles. The normalized spacial score (nSPS) is 27.1. The zero-order valence-electron chi connectivity index (χ0n) is 10.5. The van der Waals surface area contributed by atoms with Crippen LogP contribution in [-0.4, -0.2) is 23.4 Å². The Morgan fingerprint density at radius 1 is 1.17 bits per heavy atom. The van der Waals surface area contributed by atoms with Gasteiger partial charge in [0.1, 0.15) is 0 Å². The SMILES string of the molecule is O=C(c1ccccc1S)N1CCC2CCCCC21. The van der Waals surface area contributed by atoms with E-state index >= 15 is 0 Å². The Kier molecular flexibility index (Phi) is 3.33. The minimum absolute atomic E-state index is 0.176. The van der Waals surface area contributed by atoms with Gasteiger partial charge in [0.2, 0.25) is 0 Å². The maximum atomic E-state index is 12.6. The molecule has 1 aliphatic heterocycles. The maximum Gasteiger partial charge on any atom is 0.255 e. The maximum absolute atomic E-state index is 12.6. The number of nitrogens with zero attached hydrogens (tertiary/aromatic N) is 1. The highest BCUT2D eigenvalue weighted by molar-refractivity contribution is 7.80. The summed E-state index contributed by atoms with van der Waals surface area (Å²) in [6, 6.07) is 8.11. The molecule has 2 nitrogen and oxygen atoms in total. The second-order valence-electron chi connectivity index (χ2n) is 5.42. The molecule has 1 saturated heterocycles. The van der Waals surface area contributed by atoms with Crippen molar-refractivity contribution >= 4 is 18.5 Å². The second kappa shape index (κ2) is 4.96. The highest BCUT2D eigenvalue weighted by Gasteiger charge is 2.38. The quantitative estimate of drug-likeness (QED) is 0.768. The first-order valence-corrected chi connectivity index (χ1v) is 7.31. The highest BCUT2D eigenvalue weighted by Crippen LogP contribution is 2.37. The van der Waals surface area contributed by atoms with Gasteiger partial charge in [-0.3, -0.25) is 4.79 Å². The van der Waals surface area contributed by atoms with E-state index in [0.717, 1.165) is 22.9 Å². The zero-order chi connectivity index (χ0) is 12.5. The van der Waals surface area contributed by atoms with E-state index in [4.69, 9.17) is 0 Å². The number of benzene rings is 1. The van der Waals surface area contributed by atoms with E-state index in [1.54, 1.807) is 0 Å². The molecule has 1 saturated carbocycles. The lowest BCUT2D eigenvalue weighted by Gasteiger charge is -2.31.